The van der Waals surface area contributed by atoms with Crippen molar-refractivity contribution in [2.75, 3.05) is 12.3 Å². The molecule has 1 aliphatic rings. The van der Waals surface area contributed by atoms with E-state index in [0.29, 0.717) is 23.7 Å². The molecule has 0 bridgehead atoms. The Kier molecular flexibility index (Phi) is 3.69. The molecule has 2 rings (SSSR count). The summed E-state index contributed by atoms with van der Waals surface area (Å²) in [6, 6.07) is 0. The van der Waals surface area contributed by atoms with Crippen molar-refractivity contribution < 1.29 is 18.3 Å². The molecule has 1 aromatic heterocycles. The molecule has 0 spiro atoms. The highest BCUT2D eigenvalue weighted by Crippen LogP contribution is 2.22. The van der Waals surface area contributed by atoms with Gasteiger partial charge in [-0.3, -0.25) is 0 Å². The lowest BCUT2D eigenvalue weighted by Gasteiger charge is -2.25. The molecule has 1 N–H and O–H groups in total. The van der Waals surface area contributed by atoms with Gasteiger partial charge in [0.1, 0.15) is 9.88 Å². The van der Waals surface area contributed by atoms with E-state index in [1.54, 1.807) is 6.92 Å². The first kappa shape index (κ1) is 13.4. The molecule has 0 saturated carbocycles. The molecule has 0 aromatic carbocycles. The fourth-order valence-corrected chi connectivity index (χ4v) is 4.44. The SMILES string of the molecule is Cc1nc(CN2CCCCS2(=O)=O)sc1C(=O)O. The number of aromatic nitrogens is 1. The molecule has 1 saturated heterocycles. The van der Waals surface area contributed by atoms with Gasteiger partial charge in [0.05, 0.1) is 18.0 Å². The molecule has 2 heterocycles. The summed E-state index contributed by atoms with van der Waals surface area (Å²) in [5.74, 6) is -0.846. The number of rotatable bonds is 3. The van der Waals surface area contributed by atoms with Gasteiger partial charge in [0.15, 0.2) is 0 Å². The first-order valence-corrected chi connectivity index (χ1v) is 8.00. The average Bonchev–Trinajstić information content (AvgIpc) is 2.63. The molecule has 8 heteroatoms. The normalized spacial score (nSPS) is 19.8. The number of carbonyl (C=O) groups is 1. The van der Waals surface area contributed by atoms with Gasteiger partial charge in [0, 0.05) is 6.54 Å². The summed E-state index contributed by atoms with van der Waals surface area (Å²) in [4.78, 5) is 15.2. The van der Waals surface area contributed by atoms with Crippen LogP contribution in [0.1, 0.15) is 33.2 Å². The minimum atomic E-state index is -3.19. The molecule has 0 aliphatic carbocycles. The highest BCUT2D eigenvalue weighted by Gasteiger charge is 2.27. The zero-order chi connectivity index (χ0) is 13.3. The van der Waals surface area contributed by atoms with Gasteiger partial charge in [0.2, 0.25) is 10.0 Å². The number of sulfonamides is 1. The highest BCUT2D eigenvalue weighted by molar-refractivity contribution is 7.89. The van der Waals surface area contributed by atoms with E-state index in [4.69, 9.17) is 5.11 Å². The Hall–Kier alpha value is -0.990. The largest absolute Gasteiger partial charge is 0.477 e. The molecule has 0 amide bonds. The van der Waals surface area contributed by atoms with E-state index in [2.05, 4.69) is 4.98 Å². The fourth-order valence-electron chi connectivity index (χ4n) is 1.89. The average molecular weight is 290 g/mol. The van der Waals surface area contributed by atoms with Crippen LogP contribution in [-0.2, 0) is 16.6 Å². The number of aromatic carboxylic acids is 1. The van der Waals surface area contributed by atoms with E-state index in [0.717, 1.165) is 17.8 Å². The molecule has 1 aromatic rings. The maximum absolute atomic E-state index is 11.8. The Morgan fingerprint density at radius 1 is 1.50 bits per heavy atom. The number of hydrogen-bond acceptors (Lipinski definition) is 5. The summed E-state index contributed by atoms with van der Waals surface area (Å²) in [6.07, 6.45) is 1.53. The Bertz CT molecular complexity index is 564. The van der Waals surface area contributed by atoms with Crippen LogP contribution in [0.15, 0.2) is 0 Å². The third-order valence-electron chi connectivity index (χ3n) is 2.80. The number of carboxylic acids is 1. The molecular formula is C10H14N2O4S2. The van der Waals surface area contributed by atoms with E-state index in [1.807, 2.05) is 0 Å². The van der Waals surface area contributed by atoms with Gasteiger partial charge >= 0.3 is 5.97 Å². The standard InChI is InChI=1S/C10H14N2O4S2/c1-7-9(10(13)14)17-8(11-7)6-12-4-2-3-5-18(12,15)16/h2-6H2,1H3,(H,13,14). The topological polar surface area (TPSA) is 87.6 Å². The minimum Gasteiger partial charge on any atom is -0.477 e. The molecule has 18 heavy (non-hydrogen) atoms. The third kappa shape index (κ3) is 2.70. The lowest BCUT2D eigenvalue weighted by Crippen LogP contribution is -2.37. The van der Waals surface area contributed by atoms with Crippen molar-refractivity contribution in [2.24, 2.45) is 0 Å². The van der Waals surface area contributed by atoms with E-state index in [1.165, 1.54) is 4.31 Å². The van der Waals surface area contributed by atoms with Gasteiger partial charge in [-0.1, -0.05) is 0 Å². The number of carboxylic acid groups (broad SMARTS) is 1. The molecule has 0 atom stereocenters. The first-order valence-electron chi connectivity index (χ1n) is 5.57. The van der Waals surface area contributed by atoms with Crippen molar-refractivity contribution in [3.8, 4) is 0 Å². The van der Waals surface area contributed by atoms with Crippen LogP contribution in [0.5, 0.6) is 0 Å². The van der Waals surface area contributed by atoms with Crippen molar-refractivity contribution in [3.63, 3.8) is 0 Å². The highest BCUT2D eigenvalue weighted by atomic mass is 32.2. The van der Waals surface area contributed by atoms with Gasteiger partial charge < -0.3 is 5.11 Å². The molecular weight excluding hydrogens is 276 g/mol. The Balaban J connectivity index is 2.19. The smallest absolute Gasteiger partial charge is 0.347 e. The first-order chi connectivity index (χ1) is 8.40. The second-order valence-electron chi connectivity index (χ2n) is 4.18. The summed E-state index contributed by atoms with van der Waals surface area (Å²) in [5.41, 5.74) is 0.442. The number of hydrogen-bond donors (Lipinski definition) is 1. The summed E-state index contributed by atoms with van der Waals surface area (Å²) >= 11 is 1.05. The van der Waals surface area contributed by atoms with Crippen LogP contribution in [0.25, 0.3) is 0 Å². The van der Waals surface area contributed by atoms with E-state index in [9.17, 15) is 13.2 Å². The molecule has 6 nitrogen and oxygen atoms in total. The molecule has 1 aliphatic heterocycles. The quantitative estimate of drug-likeness (QED) is 0.900. The predicted octanol–water partition coefficient (Wildman–Crippen LogP) is 1.08. The summed E-state index contributed by atoms with van der Waals surface area (Å²) in [6.45, 7) is 2.29. The van der Waals surface area contributed by atoms with Crippen LogP contribution in [0, 0.1) is 6.92 Å². The van der Waals surface area contributed by atoms with Gasteiger partial charge in [-0.2, -0.15) is 4.31 Å². The van der Waals surface area contributed by atoms with Gasteiger partial charge in [-0.05, 0) is 19.8 Å². The van der Waals surface area contributed by atoms with Crippen LogP contribution >= 0.6 is 11.3 Å². The van der Waals surface area contributed by atoms with Gasteiger partial charge in [-0.25, -0.2) is 18.2 Å². The lowest BCUT2D eigenvalue weighted by atomic mass is 10.3. The fraction of sp³-hybridized carbons (Fsp3) is 0.600. The maximum atomic E-state index is 11.8. The molecule has 100 valence electrons. The van der Waals surface area contributed by atoms with Crippen LogP contribution in [-0.4, -0.2) is 41.1 Å². The summed E-state index contributed by atoms with van der Waals surface area (Å²) in [5, 5.41) is 9.46. The van der Waals surface area contributed by atoms with E-state index < -0.39 is 16.0 Å². The number of nitrogens with zero attached hydrogens (tertiary/aromatic N) is 2. The van der Waals surface area contributed by atoms with E-state index in [-0.39, 0.29) is 17.2 Å². The van der Waals surface area contributed by atoms with Crippen LogP contribution < -0.4 is 0 Å². The van der Waals surface area contributed by atoms with E-state index >= 15 is 0 Å². The van der Waals surface area contributed by atoms with Crippen LogP contribution in [0.3, 0.4) is 0 Å². The zero-order valence-electron chi connectivity index (χ0n) is 9.92. The Morgan fingerprint density at radius 3 is 2.78 bits per heavy atom. The maximum Gasteiger partial charge on any atom is 0.347 e. The zero-order valence-corrected chi connectivity index (χ0v) is 11.6. The molecule has 0 radical (unpaired) electrons. The predicted molar refractivity (Wildman–Crippen MR) is 67.2 cm³/mol. The number of thiazole rings is 1. The third-order valence-corrected chi connectivity index (χ3v) is 5.83. The lowest BCUT2D eigenvalue weighted by molar-refractivity contribution is 0.0701. The van der Waals surface area contributed by atoms with Gasteiger partial charge in [0.25, 0.3) is 0 Å². The second kappa shape index (κ2) is 4.94. The monoisotopic (exact) mass is 290 g/mol. The Labute approximate surface area is 109 Å². The van der Waals surface area contributed by atoms with Crippen molar-refractivity contribution >= 4 is 27.3 Å². The van der Waals surface area contributed by atoms with Crippen LogP contribution in [0.2, 0.25) is 0 Å². The molecule has 1 fully saturated rings. The summed E-state index contributed by atoms with van der Waals surface area (Å²) in [7, 11) is -3.19. The molecule has 0 unspecified atom stereocenters. The van der Waals surface area contributed by atoms with Crippen molar-refractivity contribution in [2.45, 2.75) is 26.3 Å². The number of aryl methyl sites for hydroxylation is 1. The van der Waals surface area contributed by atoms with Crippen LogP contribution in [0.4, 0.5) is 0 Å². The summed E-state index contributed by atoms with van der Waals surface area (Å²) < 4.78 is 25.0. The van der Waals surface area contributed by atoms with Crippen molar-refractivity contribution in [1.82, 2.24) is 9.29 Å². The van der Waals surface area contributed by atoms with Gasteiger partial charge in [-0.15, -0.1) is 11.3 Å². The second-order valence-corrected chi connectivity index (χ2v) is 7.36. The Morgan fingerprint density at radius 2 is 2.22 bits per heavy atom. The van der Waals surface area contributed by atoms with Crippen molar-refractivity contribution in [1.29, 1.82) is 0 Å². The van der Waals surface area contributed by atoms with Crippen molar-refractivity contribution in [3.05, 3.63) is 15.6 Å². The minimum absolute atomic E-state index is 0.170.